The molecule has 0 saturated carbocycles. The highest BCUT2D eigenvalue weighted by Crippen LogP contribution is 2.34. The van der Waals surface area contributed by atoms with Gasteiger partial charge in [0.1, 0.15) is 5.66 Å². The maximum Gasteiger partial charge on any atom is 0.121 e. The minimum atomic E-state index is -0.492. The largest absolute Gasteiger partial charge is 0.312 e. The fourth-order valence-electron chi connectivity index (χ4n) is 3.31. The number of nitrogens with zero attached hydrogens (tertiary/aromatic N) is 2. The van der Waals surface area contributed by atoms with E-state index in [0.717, 1.165) is 24.2 Å². The molecule has 1 aliphatic rings. The van der Waals surface area contributed by atoms with Gasteiger partial charge in [0.15, 0.2) is 0 Å². The van der Waals surface area contributed by atoms with Crippen LogP contribution >= 0.6 is 0 Å². The predicted octanol–water partition coefficient (Wildman–Crippen LogP) is 3.85. The highest BCUT2D eigenvalue weighted by molar-refractivity contribution is 5.24. The summed E-state index contributed by atoms with van der Waals surface area (Å²) in [5.41, 5.74) is 1.76. The Balaban J connectivity index is 1.91. The van der Waals surface area contributed by atoms with Crippen LogP contribution in [0.25, 0.3) is 0 Å². The third-order valence-electron chi connectivity index (χ3n) is 4.72. The first kappa shape index (κ1) is 15.2. The summed E-state index contributed by atoms with van der Waals surface area (Å²) < 4.78 is 0. The van der Waals surface area contributed by atoms with Crippen molar-refractivity contribution in [1.29, 1.82) is 0 Å². The van der Waals surface area contributed by atoms with E-state index < -0.39 is 5.66 Å². The first-order chi connectivity index (χ1) is 10.7. The molecule has 1 heterocycles. The molecular weight excluding hydrogens is 272 g/mol. The molecular formula is C19H24N2O. The van der Waals surface area contributed by atoms with Crippen molar-refractivity contribution in [3.63, 3.8) is 0 Å². The molecule has 3 nitrogen and oxygen atoms in total. The van der Waals surface area contributed by atoms with Crippen LogP contribution in [-0.2, 0) is 12.2 Å². The lowest BCUT2D eigenvalue weighted by atomic mass is 9.98. The van der Waals surface area contributed by atoms with Crippen LogP contribution in [-0.4, -0.2) is 28.3 Å². The van der Waals surface area contributed by atoms with Gasteiger partial charge in [-0.1, -0.05) is 60.7 Å². The van der Waals surface area contributed by atoms with Crippen LogP contribution in [0.15, 0.2) is 60.7 Å². The fourth-order valence-corrected chi connectivity index (χ4v) is 3.31. The van der Waals surface area contributed by atoms with Crippen LogP contribution in [0.4, 0.5) is 0 Å². The summed E-state index contributed by atoms with van der Waals surface area (Å²) in [6, 6.07) is 20.4. The van der Waals surface area contributed by atoms with Gasteiger partial charge in [0, 0.05) is 13.1 Å². The highest BCUT2D eigenvalue weighted by atomic mass is 16.5. The predicted molar refractivity (Wildman–Crippen MR) is 88.4 cm³/mol. The second-order valence-electron chi connectivity index (χ2n) is 6.12. The van der Waals surface area contributed by atoms with E-state index in [1.54, 1.807) is 0 Å². The molecule has 1 aliphatic heterocycles. The van der Waals surface area contributed by atoms with Gasteiger partial charge < -0.3 is 5.21 Å². The van der Waals surface area contributed by atoms with E-state index in [1.165, 1.54) is 17.9 Å². The van der Waals surface area contributed by atoms with E-state index in [1.807, 2.05) is 36.4 Å². The zero-order chi connectivity index (χ0) is 15.4. The molecule has 0 aromatic heterocycles. The van der Waals surface area contributed by atoms with Gasteiger partial charge in [-0.15, -0.1) is 0 Å². The third-order valence-corrected chi connectivity index (χ3v) is 4.72. The summed E-state index contributed by atoms with van der Waals surface area (Å²) in [7, 11) is 0. The van der Waals surface area contributed by atoms with Crippen molar-refractivity contribution < 1.29 is 5.21 Å². The molecule has 1 fully saturated rings. The molecule has 2 aromatic carbocycles. The maximum atomic E-state index is 10.9. The van der Waals surface area contributed by atoms with Crippen LogP contribution in [0.5, 0.6) is 0 Å². The molecule has 22 heavy (non-hydrogen) atoms. The SMILES string of the molecule is CC(c1ccccc1)(N(O)Cc1ccccc1)N1CCCC1. The Morgan fingerprint density at radius 2 is 1.50 bits per heavy atom. The lowest BCUT2D eigenvalue weighted by Crippen LogP contribution is -2.53. The number of likely N-dealkylation sites (tertiary alicyclic amines) is 1. The van der Waals surface area contributed by atoms with E-state index >= 15 is 0 Å². The van der Waals surface area contributed by atoms with Gasteiger partial charge in [0.25, 0.3) is 0 Å². The fraction of sp³-hybridized carbons (Fsp3) is 0.368. The molecule has 1 N–H and O–H groups in total. The van der Waals surface area contributed by atoms with Crippen molar-refractivity contribution in [2.45, 2.75) is 32.0 Å². The highest BCUT2D eigenvalue weighted by Gasteiger charge is 2.40. The van der Waals surface area contributed by atoms with Crippen LogP contribution in [0.2, 0.25) is 0 Å². The van der Waals surface area contributed by atoms with E-state index in [0.29, 0.717) is 6.54 Å². The number of hydrogen-bond donors (Lipinski definition) is 1. The summed E-state index contributed by atoms with van der Waals surface area (Å²) in [4.78, 5) is 2.38. The molecule has 0 amide bonds. The van der Waals surface area contributed by atoms with E-state index in [-0.39, 0.29) is 0 Å². The first-order valence-corrected chi connectivity index (χ1v) is 8.02. The summed E-state index contributed by atoms with van der Waals surface area (Å²) in [5, 5.41) is 12.4. The second-order valence-corrected chi connectivity index (χ2v) is 6.12. The van der Waals surface area contributed by atoms with Gasteiger partial charge in [-0.25, -0.2) is 0 Å². The minimum absolute atomic E-state index is 0.492. The Bertz CT molecular complexity index is 581. The summed E-state index contributed by atoms with van der Waals surface area (Å²) in [5.74, 6) is 0. The lowest BCUT2D eigenvalue weighted by molar-refractivity contribution is -0.233. The van der Waals surface area contributed by atoms with Gasteiger partial charge in [-0.05, 0) is 30.9 Å². The molecule has 0 bridgehead atoms. The zero-order valence-corrected chi connectivity index (χ0v) is 13.2. The molecule has 0 radical (unpaired) electrons. The number of benzene rings is 2. The van der Waals surface area contributed by atoms with Crippen LogP contribution < -0.4 is 0 Å². The Morgan fingerprint density at radius 3 is 2.09 bits per heavy atom. The summed E-state index contributed by atoms with van der Waals surface area (Å²) in [6.07, 6.45) is 2.39. The van der Waals surface area contributed by atoms with Crippen LogP contribution in [0.3, 0.4) is 0 Å². The van der Waals surface area contributed by atoms with Crippen LogP contribution in [0.1, 0.15) is 30.9 Å². The van der Waals surface area contributed by atoms with E-state index in [4.69, 9.17) is 0 Å². The monoisotopic (exact) mass is 296 g/mol. The normalized spacial score (nSPS) is 18.5. The smallest absolute Gasteiger partial charge is 0.121 e. The molecule has 3 heteroatoms. The van der Waals surface area contributed by atoms with Crippen molar-refractivity contribution in [2.75, 3.05) is 13.1 Å². The van der Waals surface area contributed by atoms with Crippen molar-refractivity contribution >= 4 is 0 Å². The molecule has 1 atom stereocenters. The van der Waals surface area contributed by atoms with Gasteiger partial charge in [0.2, 0.25) is 0 Å². The van der Waals surface area contributed by atoms with Gasteiger partial charge in [-0.3, -0.25) is 4.90 Å². The van der Waals surface area contributed by atoms with Gasteiger partial charge >= 0.3 is 0 Å². The summed E-state index contributed by atoms with van der Waals surface area (Å²) >= 11 is 0. The Hall–Kier alpha value is -1.68. The minimum Gasteiger partial charge on any atom is -0.312 e. The average Bonchev–Trinajstić information content (AvgIpc) is 3.11. The molecule has 0 aliphatic carbocycles. The van der Waals surface area contributed by atoms with E-state index in [2.05, 4.69) is 36.1 Å². The van der Waals surface area contributed by atoms with Crippen molar-refractivity contribution in [2.24, 2.45) is 0 Å². The Kier molecular flexibility index (Phi) is 4.57. The number of hydrogen-bond acceptors (Lipinski definition) is 3. The lowest BCUT2D eigenvalue weighted by Gasteiger charge is -2.44. The van der Waals surface area contributed by atoms with Crippen LogP contribution in [0, 0.1) is 0 Å². The van der Waals surface area contributed by atoms with Crippen molar-refractivity contribution in [3.8, 4) is 0 Å². The first-order valence-electron chi connectivity index (χ1n) is 8.02. The average molecular weight is 296 g/mol. The maximum absolute atomic E-state index is 10.9. The topological polar surface area (TPSA) is 26.7 Å². The molecule has 3 rings (SSSR count). The van der Waals surface area contributed by atoms with Gasteiger partial charge in [0.05, 0.1) is 6.54 Å². The quantitative estimate of drug-likeness (QED) is 0.849. The van der Waals surface area contributed by atoms with Crippen molar-refractivity contribution in [3.05, 3.63) is 71.8 Å². The molecule has 0 spiro atoms. The summed E-state index contributed by atoms with van der Waals surface area (Å²) in [6.45, 7) is 4.69. The van der Waals surface area contributed by atoms with E-state index in [9.17, 15) is 5.21 Å². The molecule has 116 valence electrons. The zero-order valence-electron chi connectivity index (χ0n) is 13.2. The standard InChI is InChI=1S/C19H24N2O/c1-19(20-14-8-9-15-20,18-12-6-3-7-13-18)21(22)16-17-10-4-2-5-11-17/h2-7,10-13,22H,8-9,14-16H2,1H3. The van der Waals surface area contributed by atoms with Gasteiger partial charge in [-0.2, -0.15) is 5.06 Å². The number of hydroxylamine groups is 2. The Morgan fingerprint density at radius 1 is 0.955 bits per heavy atom. The second kappa shape index (κ2) is 6.61. The molecule has 2 aromatic rings. The molecule has 1 saturated heterocycles. The van der Waals surface area contributed by atoms with Crippen molar-refractivity contribution in [1.82, 2.24) is 9.96 Å². The Labute approximate surface area is 132 Å². The number of rotatable bonds is 5. The third kappa shape index (κ3) is 2.93. The molecule has 1 unspecified atom stereocenters.